The highest BCUT2D eigenvalue weighted by molar-refractivity contribution is 7.71. The lowest BCUT2D eigenvalue weighted by Crippen LogP contribution is -3.12. The van der Waals surface area contributed by atoms with Gasteiger partial charge in [0.2, 0.25) is 4.77 Å². The fraction of sp³-hybridized carbons (Fsp3) is 0.643. The molecule has 0 aliphatic carbocycles. The van der Waals surface area contributed by atoms with Crippen molar-refractivity contribution in [1.29, 1.82) is 0 Å². The van der Waals surface area contributed by atoms with Crippen molar-refractivity contribution in [2.45, 2.75) is 40.3 Å². The van der Waals surface area contributed by atoms with Gasteiger partial charge in [-0.05, 0) is 50.9 Å². The van der Waals surface area contributed by atoms with E-state index in [1.54, 1.807) is 4.90 Å². The van der Waals surface area contributed by atoms with Crippen molar-refractivity contribution in [3.05, 3.63) is 22.2 Å². The predicted octanol–water partition coefficient (Wildman–Crippen LogP) is 1.15. The Bertz CT molecular complexity index is 679. The van der Waals surface area contributed by atoms with Crippen LogP contribution in [0.1, 0.15) is 31.2 Å². The molecule has 6 heteroatoms. The first-order chi connectivity index (χ1) is 9.54. The molecule has 108 valence electrons. The maximum Gasteiger partial charge on any atom is 0.252 e. The van der Waals surface area contributed by atoms with Gasteiger partial charge in [0, 0.05) is 11.4 Å². The first kappa shape index (κ1) is 13.7. The Hall–Kier alpha value is -1.27. The number of likely N-dealkylation sites (tertiary alicyclic amines) is 1. The zero-order valence-corrected chi connectivity index (χ0v) is 13.2. The van der Waals surface area contributed by atoms with Gasteiger partial charge in [0.25, 0.3) is 5.78 Å². The van der Waals surface area contributed by atoms with Crippen LogP contribution in [0, 0.1) is 24.5 Å². The van der Waals surface area contributed by atoms with Crippen molar-refractivity contribution in [3.8, 4) is 0 Å². The van der Waals surface area contributed by atoms with Crippen molar-refractivity contribution >= 4 is 18.0 Å². The average molecular weight is 292 g/mol. The van der Waals surface area contributed by atoms with Crippen LogP contribution in [0.15, 0.2) is 6.07 Å². The van der Waals surface area contributed by atoms with Gasteiger partial charge in [-0.2, -0.15) is 4.98 Å². The Kier molecular flexibility index (Phi) is 3.60. The van der Waals surface area contributed by atoms with Gasteiger partial charge in [0.15, 0.2) is 6.67 Å². The second-order valence-electron chi connectivity index (χ2n) is 6.04. The first-order valence-electron chi connectivity index (χ1n) is 7.32. The lowest BCUT2D eigenvalue weighted by Gasteiger charge is -2.27. The molecular formula is C14H22N5S+. The number of rotatable bonds is 2. The van der Waals surface area contributed by atoms with Crippen LogP contribution in [-0.4, -0.2) is 32.3 Å². The van der Waals surface area contributed by atoms with Crippen molar-refractivity contribution in [2.24, 2.45) is 5.92 Å². The first-order valence-corrected chi connectivity index (χ1v) is 7.73. The molecule has 3 heterocycles. The molecule has 1 saturated heterocycles. The molecule has 2 aromatic heterocycles. The standard InChI is InChI=1S/C14H21N5S/c1-10-4-6-17(7-5-10)9-18-14(20)16-13-15-11(2)8-12(3)19(13)18/h8,10H,4-7,9H2,1-3H3/p+1. The van der Waals surface area contributed by atoms with E-state index in [1.807, 2.05) is 6.92 Å². The predicted molar refractivity (Wildman–Crippen MR) is 80.4 cm³/mol. The van der Waals surface area contributed by atoms with Gasteiger partial charge >= 0.3 is 0 Å². The van der Waals surface area contributed by atoms with Crippen molar-refractivity contribution < 1.29 is 4.90 Å². The van der Waals surface area contributed by atoms with E-state index in [1.165, 1.54) is 25.9 Å². The number of fused-ring (bicyclic) bond motifs is 1. The van der Waals surface area contributed by atoms with E-state index in [0.717, 1.165) is 29.8 Å². The quantitative estimate of drug-likeness (QED) is 0.844. The summed E-state index contributed by atoms with van der Waals surface area (Å²) < 4.78 is 4.79. The van der Waals surface area contributed by atoms with Crippen LogP contribution >= 0.6 is 12.2 Å². The summed E-state index contributed by atoms with van der Waals surface area (Å²) in [5, 5.41) is 0. The summed E-state index contributed by atoms with van der Waals surface area (Å²) in [6.07, 6.45) is 2.60. The van der Waals surface area contributed by atoms with Gasteiger partial charge in [-0.3, -0.25) is 0 Å². The van der Waals surface area contributed by atoms with Crippen molar-refractivity contribution in [3.63, 3.8) is 0 Å². The second kappa shape index (κ2) is 5.26. The molecule has 0 bridgehead atoms. The zero-order chi connectivity index (χ0) is 14.3. The Morgan fingerprint density at radius 3 is 2.70 bits per heavy atom. The molecule has 0 atom stereocenters. The summed E-state index contributed by atoms with van der Waals surface area (Å²) in [7, 11) is 0. The van der Waals surface area contributed by atoms with Crippen LogP contribution < -0.4 is 4.90 Å². The van der Waals surface area contributed by atoms with E-state index in [0.29, 0.717) is 4.77 Å². The number of aromatic nitrogens is 4. The minimum Gasteiger partial charge on any atom is -0.316 e. The number of piperidine rings is 1. The summed E-state index contributed by atoms with van der Waals surface area (Å²) in [6, 6.07) is 2.08. The zero-order valence-electron chi connectivity index (χ0n) is 12.4. The van der Waals surface area contributed by atoms with Crippen molar-refractivity contribution in [2.75, 3.05) is 13.1 Å². The van der Waals surface area contributed by atoms with Gasteiger partial charge < -0.3 is 4.90 Å². The largest absolute Gasteiger partial charge is 0.316 e. The van der Waals surface area contributed by atoms with Crippen LogP contribution in [0.2, 0.25) is 0 Å². The molecule has 5 nitrogen and oxygen atoms in total. The van der Waals surface area contributed by atoms with E-state index in [2.05, 4.69) is 39.1 Å². The highest BCUT2D eigenvalue weighted by Gasteiger charge is 2.20. The van der Waals surface area contributed by atoms with Crippen LogP contribution in [0.25, 0.3) is 5.78 Å². The molecule has 1 aliphatic heterocycles. The molecule has 0 radical (unpaired) electrons. The number of quaternary nitrogens is 1. The van der Waals surface area contributed by atoms with E-state index in [9.17, 15) is 0 Å². The molecule has 20 heavy (non-hydrogen) atoms. The molecular weight excluding hydrogens is 270 g/mol. The number of hydrogen-bond acceptors (Lipinski definition) is 3. The van der Waals surface area contributed by atoms with Crippen LogP contribution in [0.3, 0.4) is 0 Å². The topological polar surface area (TPSA) is 39.6 Å². The Morgan fingerprint density at radius 2 is 2.00 bits per heavy atom. The molecule has 1 fully saturated rings. The molecule has 0 unspecified atom stereocenters. The van der Waals surface area contributed by atoms with Gasteiger partial charge in [-0.25, -0.2) is 14.2 Å². The normalized spacial score (nSPS) is 23.4. The summed E-state index contributed by atoms with van der Waals surface area (Å²) in [5.74, 6) is 1.58. The minimum atomic E-state index is 0.636. The molecule has 1 N–H and O–H groups in total. The Balaban J connectivity index is 1.95. The molecule has 0 saturated carbocycles. The average Bonchev–Trinajstić information content (AvgIpc) is 2.68. The third kappa shape index (κ3) is 2.50. The summed E-state index contributed by atoms with van der Waals surface area (Å²) >= 11 is 5.43. The number of nitrogens with one attached hydrogen (secondary N) is 1. The van der Waals surface area contributed by atoms with Gasteiger partial charge in [-0.15, -0.1) is 0 Å². The highest BCUT2D eigenvalue weighted by atomic mass is 32.1. The number of aryl methyl sites for hydroxylation is 2. The maximum atomic E-state index is 5.43. The van der Waals surface area contributed by atoms with E-state index in [4.69, 9.17) is 12.2 Å². The molecule has 3 rings (SSSR count). The van der Waals surface area contributed by atoms with Gasteiger partial charge in [-0.1, -0.05) is 6.92 Å². The number of hydrogen-bond donors (Lipinski definition) is 1. The molecule has 0 spiro atoms. The summed E-state index contributed by atoms with van der Waals surface area (Å²) in [5.41, 5.74) is 2.13. The lowest BCUT2D eigenvalue weighted by molar-refractivity contribution is -0.929. The fourth-order valence-corrected chi connectivity index (χ4v) is 3.26. The lowest BCUT2D eigenvalue weighted by atomic mass is 10.00. The van der Waals surface area contributed by atoms with E-state index < -0.39 is 0 Å². The molecule has 0 amide bonds. The summed E-state index contributed by atoms with van der Waals surface area (Å²) in [4.78, 5) is 10.5. The van der Waals surface area contributed by atoms with Gasteiger partial charge in [0.1, 0.15) is 0 Å². The second-order valence-corrected chi connectivity index (χ2v) is 6.40. The monoisotopic (exact) mass is 292 g/mol. The van der Waals surface area contributed by atoms with Crippen LogP contribution in [-0.2, 0) is 6.67 Å². The van der Waals surface area contributed by atoms with E-state index >= 15 is 0 Å². The summed E-state index contributed by atoms with van der Waals surface area (Å²) in [6.45, 7) is 9.74. The van der Waals surface area contributed by atoms with Crippen LogP contribution in [0.5, 0.6) is 0 Å². The van der Waals surface area contributed by atoms with E-state index in [-0.39, 0.29) is 0 Å². The maximum absolute atomic E-state index is 5.43. The fourth-order valence-electron chi connectivity index (χ4n) is 3.04. The Labute approximate surface area is 124 Å². The highest BCUT2D eigenvalue weighted by Crippen LogP contribution is 2.08. The molecule has 1 aliphatic rings. The Morgan fingerprint density at radius 1 is 1.30 bits per heavy atom. The van der Waals surface area contributed by atoms with Crippen molar-refractivity contribution in [1.82, 2.24) is 19.2 Å². The number of nitrogens with zero attached hydrogens (tertiary/aromatic N) is 4. The van der Waals surface area contributed by atoms with Gasteiger partial charge in [0.05, 0.1) is 13.1 Å². The third-order valence-corrected chi connectivity index (χ3v) is 4.53. The van der Waals surface area contributed by atoms with Crippen LogP contribution in [0.4, 0.5) is 0 Å². The smallest absolute Gasteiger partial charge is 0.252 e. The molecule has 0 aromatic carbocycles. The SMILES string of the molecule is Cc1cc(C)n2c(n1)nc(=S)n2C[NH+]1CCC(C)CC1. The third-order valence-electron chi connectivity index (χ3n) is 4.23. The minimum absolute atomic E-state index is 0.636. The molecule has 2 aromatic rings.